The van der Waals surface area contributed by atoms with Gasteiger partial charge < -0.3 is 14.4 Å². The molecule has 2 heterocycles. The van der Waals surface area contributed by atoms with Crippen LogP contribution in [0.2, 0.25) is 0 Å². The molecule has 5 aromatic rings. The molecule has 36 heavy (non-hydrogen) atoms. The van der Waals surface area contributed by atoms with E-state index < -0.39 is 4.92 Å². The van der Waals surface area contributed by atoms with Gasteiger partial charge in [-0.3, -0.25) is 15.1 Å². The number of aliphatic hydroxyl groups is 1. The molecule has 1 N–H and O–H groups in total. The van der Waals surface area contributed by atoms with E-state index >= 15 is 0 Å². The molecule has 180 valence electrons. The van der Waals surface area contributed by atoms with Gasteiger partial charge in [-0.2, -0.15) is 0 Å². The zero-order valence-electron chi connectivity index (χ0n) is 19.8. The fourth-order valence-corrected chi connectivity index (χ4v) is 4.50. The van der Waals surface area contributed by atoms with Gasteiger partial charge in [0.2, 0.25) is 0 Å². The first-order chi connectivity index (χ1) is 17.5. The molecule has 0 radical (unpaired) electrons. The van der Waals surface area contributed by atoms with E-state index in [1.54, 1.807) is 24.4 Å². The molecule has 3 aromatic carbocycles. The van der Waals surface area contributed by atoms with E-state index in [1.165, 1.54) is 6.07 Å². The minimum Gasteiger partial charge on any atom is -0.489 e. The maximum absolute atomic E-state index is 11.8. The number of aromatic nitrogens is 2. The Kier molecular flexibility index (Phi) is 6.18. The molecule has 8 nitrogen and oxygen atoms in total. The van der Waals surface area contributed by atoms with E-state index in [4.69, 9.17) is 9.26 Å². The van der Waals surface area contributed by atoms with Crippen molar-refractivity contribution in [1.29, 1.82) is 0 Å². The predicted molar refractivity (Wildman–Crippen MR) is 136 cm³/mol. The maximum Gasteiger partial charge on any atom is 0.276 e. The first-order valence-corrected chi connectivity index (χ1v) is 11.4. The van der Waals surface area contributed by atoms with Crippen LogP contribution in [0.1, 0.15) is 22.6 Å². The summed E-state index contributed by atoms with van der Waals surface area (Å²) in [7, 11) is 0. The molecule has 0 aliphatic carbocycles. The van der Waals surface area contributed by atoms with Gasteiger partial charge in [0.1, 0.15) is 18.1 Å². The lowest BCUT2D eigenvalue weighted by atomic mass is 9.95. The highest BCUT2D eigenvalue weighted by Gasteiger charge is 2.19. The first kappa shape index (κ1) is 23.2. The predicted octanol–water partition coefficient (Wildman–Crippen LogP) is 6.15. The third-order valence-corrected chi connectivity index (χ3v) is 6.18. The summed E-state index contributed by atoms with van der Waals surface area (Å²) in [5.74, 6) is 1.19. The van der Waals surface area contributed by atoms with Crippen LogP contribution in [-0.2, 0) is 13.2 Å². The Hall–Kier alpha value is -4.56. The van der Waals surface area contributed by atoms with Gasteiger partial charge in [0.05, 0.1) is 28.3 Å². The van der Waals surface area contributed by atoms with Crippen molar-refractivity contribution in [3.63, 3.8) is 0 Å². The van der Waals surface area contributed by atoms with Gasteiger partial charge in [0.25, 0.3) is 5.69 Å². The highest BCUT2D eigenvalue weighted by molar-refractivity contribution is 5.85. The van der Waals surface area contributed by atoms with Crippen LogP contribution in [0.4, 0.5) is 5.69 Å². The molecule has 8 heteroatoms. The van der Waals surface area contributed by atoms with Gasteiger partial charge in [-0.15, -0.1) is 0 Å². The summed E-state index contributed by atoms with van der Waals surface area (Å²) in [6.45, 7) is 3.58. The van der Waals surface area contributed by atoms with Crippen LogP contribution in [-0.4, -0.2) is 20.2 Å². The third kappa shape index (κ3) is 4.30. The van der Waals surface area contributed by atoms with Gasteiger partial charge in [0.15, 0.2) is 0 Å². The number of hydrogen-bond donors (Lipinski definition) is 1. The van der Waals surface area contributed by atoms with Gasteiger partial charge in [0, 0.05) is 23.2 Å². The monoisotopic (exact) mass is 481 g/mol. The van der Waals surface area contributed by atoms with E-state index in [-0.39, 0.29) is 18.9 Å². The summed E-state index contributed by atoms with van der Waals surface area (Å²) in [5, 5.41) is 26.4. The Labute approximate surface area is 206 Å². The second-order valence-corrected chi connectivity index (χ2v) is 8.44. The maximum atomic E-state index is 11.8. The molecule has 0 amide bonds. The lowest BCUT2D eigenvalue weighted by Gasteiger charge is -2.14. The molecule has 0 fully saturated rings. The highest BCUT2D eigenvalue weighted by atomic mass is 16.6. The van der Waals surface area contributed by atoms with E-state index in [9.17, 15) is 15.2 Å². The van der Waals surface area contributed by atoms with Crippen LogP contribution < -0.4 is 4.74 Å². The van der Waals surface area contributed by atoms with Gasteiger partial charge in [-0.05, 0) is 66.4 Å². The molecule has 0 aliphatic heterocycles. The molecule has 0 bridgehead atoms. The Morgan fingerprint density at radius 3 is 2.58 bits per heavy atom. The number of nitro benzene ring substituents is 1. The van der Waals surface area contributed by atoms with Crippen molar-refractivity contribution in [1.82, 2.24) is 10.1 Å². The van der Waals surface area contributed by atoms with Crippen molar-refractivity contribution in [3.8, 4) is 28.0 Å². The van der Waals surface area contributed by atoms with Crippen molar-refractivity contribution in [3.05, 3.63) is 106 Å². The number of fused-ring (bicyclic) bond motifs is 1. The van der Waals surface area contributed by atoms with E-state index in [1.807, 2.05) is 56.3 Å². The Morgan fingerprint density at radius 2 is 1.83 bits per heavy atom. The summed E-state index contributed by atoms with van der Waals surface area (Å²) in [6.07, 6.45) is 1.65. The molecular weight excluding hydrogens is 458 g/mol. The van der Waals surface area contributed by atoms with E-state index in [0.29, 0.717) is 28.0 Å². The number of benzene rings is 3. The summed E-state index contributed by atoms with van der Waals surface area (Å²) in [5.41, 5.74) is 5.97. The van der Waals surface area contributed by atoms with Gasteiger partial charge in [-0.25, -0.2) is 0 Å². The topological polar surface area (TPSA) is 112 Å². The number of pyridine rings is 1. The molecule has 0 unspecified atom stereocenters. The molecule has 5 rings (SSSR count). The first-order valence-electron chi connectivity index (χ1n) is 11.4. The second kappa shape index (κ2) is 9.59. The fourth-order valence-electron chi connectivity index (χ4n) is 4.50. The Balaban J connectivity index is 1.62. The highest BCUT2D eigenvalue weighted by Crippen LogP contribution is 2.37. The summed E-state index contributed by atoms with van der Waals surface area (Å²) >= 11 is 0. The van der Waals surface area contributed by atoms with Gasteiger partial charge in [-0.1, -0.05) is 35.5 Å². The number of rotatable bonds is 7. The number of hydrogen-bond acceptors (Lipinski definition) is 7. The molecule has 0 saturated carbocycles. The standard InChI is InChI=1S/C28H23N3O5/c1-17-28(18(2)36-30-17)21-12-20(23-7-4-3-6-19(23)15-32)13-22(14-21)35-16-25-24-8-5-11-29-26(24)9-10-27(25)31(33)34/h3-14,32H,15-16H2,1-2H3. The van der Waals surface area contributed by atoms with Crippen LogP contribution in [0.15, 0.2) is 77.4 Å². The molecular formula is C28H23N3O5. The van der Waals surface area contributed by atoms with Crippen LogP contribution in [0.25, 0.3) is 33.2 Å². The zero-order valence-corrected chi connectivity index (χ0v) is 19.8. The lowest BCUT2D eigenvalue weighted by Crippen LogP contribution is -2.03. The van der Waals surface area contributed by atoms with Crippen LogP contribution in [0, 0.1) is 24.0 Å². The molecule has 0 atom stereocenters. The summed E-state index contributed by atoms with van der Waals surface area (Å²) in [4.78, 5) is 15.7. The fraction of sp³-hybridized carbons (Fsp3) is 0.143. The number of ether oxygens (including phenoxy) is 1. The minimum atomic E-state index is -0.408. The van der Waals surface area contributed by atoms with Crippen molar-refractivity contribution >= 4 is 16.6 Å². The van der Waals surface area contributed by atoms with E-state index in [0.717, 1.165) is 33.5 Å². The smallest absolute Gasteiger partial charge is 0.276 e. The molecule has 0 aliphatic rings. The normalized spacial score (nSPS) is 11.1. The van der Waals surface area contributed by atoms with Crippen molar-refractivity contribution in [2.75, 3.05) is 0 Å². The zero-order chi connectivity index (χ0) is 25.2. The molecule has 0 saturated heterocycles. The number of aliphatic hydroxyl groups excluding tert-OH is 1. The average molecular weight is 482 g/mol. The van der Waals surface area contributed by atoms with Crippen LogP contribution >= 0.6 is 0 Å². The third-order valence-electron chi connectivity index (χ3n) is 6.18. The number of nitrogens with zero attached hydrogens (tertiary/aromatic N) is 3. The Morgan fingerprint density at radius 1 is 1.03 bits per heavy atom. The van der Waals surface area contributed by atoms with Gasteiger partial charge >= 0.3 is 0 Å². The minimum absolute atomic E-state index is 0.0223. The van der Waals surface area contributed by atoms with E-state index in [2.05, 4.69) is 10.1 Å². The van der Waals surface area contributed by atoms with Crippen LogP contribution in [0.5, 0.6) is 5.75 Å². The Bertz CT molecular complexity index is 1570. The molecule has 2 aromatic heterocycles. The lowest BCUT2D eigenvalue weighted by molar-refractivity contribution is -0.385. The van der Waals surface area contributed by atoms with Crippen LogP contribution in [0.3, 0.4) is 0 Å². The van der Waals surface area contributed by atoms with Crippen molar-refractivity contribution in [2.24, 2.45) is 0 Å². The quantitative estimate of drug-likeness (QED) is 0.219. The summed E-state index contributed by atoms with van der Waals surface area (Å²) in [6, 6.07) is 20.0. The number of nitro groups is 1. The average Bonchev–Trinajstić information content (AvgIpc) is 3.24. The largest absolute Gasteiger partial charge is 0.489 e. The molecule has 0 spiro atoms. The summed E-state index contributed by atoms with van der Waals surface area (Å²) < 4.78 is 11.6. The number of aryl methyl sites for hydroxylation is 2. The van der Waals surface area contributed by atoms with Crippen molar-refractivity contribution < 1.29 is 19.3 Å². The second-order valence-electron chi connectivity index (χ2n) is 8.44. The SMILES string of the molecule is Cc1noc(C)c1-c1cc(OCc2c([N+](=O)[O-])ccc3ncccc23)cc(-c2ccccc2CO)c1. The van der Waals surface area contributed by atoms with Crippen molar-refractivity contribution in [2.45, 2.75) is 27.1 Å².